The van der Waals surface area contributed by atoms with Crippen LogP contribution in [-0.2, 0) is 12.8 Å². The lowest BCUT2D eigenvalue weighted by Gasteiger charge is -2.16. The first-order chi connectivity index (χ1) is 10.3. The molecule has 0 saturated carbocycles. The Morgan fingerprint density at radius 2 is 1.33 bits per heavy atom. The molecule has 2 rings (SSSR count). The largest absolute Gasteiger partial charge is 0.366 e. The molecule has 0 atom stereocenters. The van der Waals surface area contributed by atoms with Gasteiger partial charge in [-0.2, -0.15) is 0 Å². The van der Waals surface area contributed by atoms with E-state index >= 15 is 0 Å². The molecule has 2 nitrogen and oxygen atoms in total. The summed E-state index contributed by atoms with van der Waals surface area (Å²) < 4.78 is 0. The number of benzene rings is 2. The minimum Gasteiger partial charge on any atom is -0.366 e. The molecular formula is C19H24N2. The van der Waals surface area contributed by atoms with Gasteiger partial charge in [-0.1, -0.05) is 60.7 Å². The molecule has 0 spiro atoms. The van der Waals surface area contributed by atoms with Crippen LogP contribution in [0.3, 0.4) is 0 Å². The van der Waals surface area contributed by atoms with Crippen molar-refractivity contribution in [3.63, 3.8) is 0 Å². The summed E-state index contributed by atoms with van der Waals surface area (Å²) in [6.45, 7) is 0.853. The Hall–Kier alpha value is -2.09. The van der Waals surface area contributed by atoms with Crippen molar-refractivity contribution in [3.8, 4) is 0 Å². The van der Waals surface area contributed by atoms with Crippen LogP contribution in [0.4, 0.5) is 0 Å². The normalized spacial score (nSPS) is 11.4. The third-order valence-corrected chi connectivity index (χ3v) is 3.53. The van der Waals surface area contributed by atoms with E-state index in [-0.39, 0.29) is 0 Å². The number of hydrogen-bond acceptors (Lipinski definition) is 1. The maximum Gasteiger partial charge on any atom is 0.0987 e. The highest BCUT2D eigenvalue weighted by Gasteiger charge is 2.03. The molecule has 2 heteroatoms. The lowest BCUT2D eigenvalue weighted by molar-refractivity contribution is 0.597. The molecule has 0 aliphatic rings. The Labute approximate surface area is 128 Å². The van der Waals surface area contributed by atoms with Crippen molar-refractivity contribution in [2.45, 2.75) is 19.3 Å². The van der Waals surface area contributed by atoms with Crippen LogP contribution in [0.25, 0.3) is 0 Å². The van der Waals surface area contributed by atoms with Gasteiger partial charge >= 0.3 is 0 Å². The third kappa shape index (κ3) is 5.42. The Kier molecular flexibility index (Phi) is 6.01. The van der Waals surface area contributed by atoms with Crippen LogP contribution in [0.1, 0.15) is 17.5 Å². The van der Waals surface area contributed by atoms with E-state index in [9.17, 15) is 0 Å². The van der Waals surface area contributed by atoms with Crippen molar-refractivity contribution in [2.75, 3.05) is 20.6 Å². The minimum absolute atomic E-state index is 0.853. The zero-order chi connectivity index (χ0) is 14.9. The van der Waals surface area contributed by atoms with Crippen molar-refractivity contribution >= 4 is 5.84 Å². The topological polar surface area (TPSA) is 15.6 Å². The first kappa shape index (κ1) is 15.3. The summed E-state index contributed by atoms with van der Waals surface area (Å²) in [6.07, 6.45) is 3.04. The quantitative estimate of drug-likeness (QED) is 0.580. The van der Waals surface area contributed by atoms with Crippen LogP contribution in [0, 0.1) is 0 Å². The average Bonchev–Trinajstić information content (AvgIpc) is 2.52. The molecule has 0 aromatic heterocycles. The maximum absolute atomic E-state index is 4.78. The van der Waals surface area contributed by atoms with Crippen molar-refractivity contribution in [1.29, 1.82) is 0 Å². The standard InChI is InChI=1S/C19H24N2/c1-21(2)19(14-13-17-9-5-3-6-10-17)20-16-15-18-11-7-4-8-12-18/h3-12H,13-16H2,1-2H3/b20-19-. The van der Waals surface area contributed by atoms with E-state index in [4.69, 9.17) is 4.99 Å². The lowest BCUT2D eigenvalue weighted by atomic mass is 10.1. The summed E-state index contributed by atoms with van der Waals surface area (Å²) in [6, 6.07) is 21.2. The predicted molar refractivity (Wildman–Crippen MR) is 90.9 cm³/mol. The van der Waals surface area contributed by atoms with Crippen molar-refractivity contribution in [1.82, 2.24) is 4.90 Å². The van der Waals surface area contributed by atoms with Crippen LogP contribution in [0.2, 0.25) is 0 Å². The summed E-state index contributed by atoms with van der Waals surface area (Å²) in [5.74, 6) is 1.18. The fourth-order valence-corrected chi connectivity index (χ4v) is 2.30. The molecule has 0 aliphatic carbocycles. The summed E-state index contributed by atoms with van der Waals surface area (Å²) >= 11 is 0. The molecule has 2 aromatic rings. The highest BCUT2D eigenvalue weighted by atomic mass is 15.1. The Balaban J connectivity index is 1.87. The summed E-state index contributed by atoms with van der Waals surface area (Å²) in [5.41, 5.74) is 2.72. The van der Waals surface area contributed by atoms with Gasteiger partial charge in [-0.3, -0.25) is 4.99 Å². The summed E-state index contributed by atoms with van der Waals surface area (Å²) in [5, 5.41) is 0. The van der Waals surface area contributed by atoms with E-state index in [0.717, 1.165) is 25.8 Å². The highest BCUT2D eigenvalue weighted by molar-refractivity contribution is 5.82. The minimum atomic E-state index is 0.853. The number of aliphatic imine (C=N–C) groups is 1. The molecule has 0 bridgehead atoms. The molecule has 2 aromatic carbocycles. The van der Waals surface area contributed by atoms with Gasteiger partial charge in [0.25, 0.3) is 0 Å². The summed E-state index contributed by atoms with van der Waals surface area (Å²) in [4.78, 5) is 6.91. The van der Waals surface area contributed by atoms with Gasteiger partial charge in [0.1, 0.15) is 0 Å². The average molecular weight is 280 g/mol. The van der Waals surface area contributed by atoms with Crippen molar-refractivity contribution in [2.24, 2.45) is 4.99 Å². The summed E-state index contributed by atoms with van der Waals surface area (Å²) in [7, 11) is 4.15. The molecule has 0 N–H and O–H groups in total. The third-order valence-electron chi connectivity index (χ3n) is 3.53. The van der Waals surface area contributed by atoms with Gasteiger partial charge in [0, 0.05) is 27.1 Å². The molecule has 0 heterocycles. The van der Waals surface area contributed by atoms with Crippen LogP contribution >= 0.6 is 0 Å². The van der Waals surface area contributed by atoms with Crippen molar-refractivity contribution < 1.29 is 0 Å². The van der Waals surface area contributed by atoms with Gasteiger partial charge in [0.15, 0.2) is 0 Å². The zero-order valence-corrected chi connectivity index (χ0v) is 13.0. The second-order valence-electron chi connectivity index (χ2n) is 5.41. The van der Waals surface area contributed by atoms with E-state index in [2.05, 4.69) is 79.7 Å². The SMILES string of the molecule is CN(C)/C(CCc1ccccc1)=N\CCc1ccccc1. The van der Waals surface area contributed by atoms with E-state index in [1.807, 2.05) is 0 Å². The van der Waals surface area contributed by atoms with Gasteiger partial charge in [0.2, 0.25) is 0 Å². The molecule has 21 heavy (non-hydrogen) atoms. The molecule has 0 unspecified atom stereocenters. The van der Waals surface area contributed by atoms with Crippen LogP contribution in [-0.4, -0.2) is 31.4 Å². The van der Waals surface area contributed by atoms with Crippen LogP contribution in [0.15, 0.2) is 65.7 Å². The number of aryl methyl sites for hydroxylation is 1. The fourth-order valence-electron chi connectivity index (χ4n) is 2.30. The molecule has 0 saturated heterocycles. The zero-order valence-electron chi connectivity index (χ0n) is 13.0. The number of amidine groups is 1. The van der Waals surface area contributed by atoms with Gasteiger partial charge in [-0.05, 0) is 24.0 Å². The predicted octanol–water partition coefficient (Wildman–Crippen LogP) is 3.82. The van der Waals surface area contributed by atoms with Crippen molar-refractivity contribution in [3.05, 3.63) is 71.8 Å². The van der Waals surface area contributed by atoms with Gasteiger partial charge in [-0.15, -0.1) is 0 Å². The Morgan fingerprint density at radius 3 is 1.86 bits per heavy atom. The highest BCUT2D eigenvalue weighted by Crippen LogP contribution is 2.05. The molecule has 0 aliphatic heterocycles. The fraction of sp³-hybridized carbons (Fsp3) is 0.316. The van der Waals surface area contributed by atoms with Gasteiger partial charge in [0.05, 0.1) is 5.84 Å². The smallest absolute Gasteiger partial charge is 0.0987 e. The molecular weight excluding hydrogens is 256 g/mol. The first-order valence-corrected chi connectivity index (χ1v) is 7.54. The van der Waals surface area contributed by atoms with Crippen LogP contribution < -0.4 is 0 Å². The van der Waals surface area contributed by atoms with E-state index in [1.54, 1.807) is 0 Å². The maximum atomic E-state index is 4.78. The van der Waals surface area contributed by atoms with E-state index in [1.165, 1.54) is 17.0 Å². The monoisotopic (exact) mass is 280 g/mol. The second-order valence-corrected chi connectivity index (χ2v) is 5.41. The van der Waals surface area contributed by atoms with Gasteiger partial charge < -0.3 is 4.90 Å². The number of nitrogens with zero attached hydrogens (tertiary/aromatic N) is 2. The molecule has 0 fully saturated rings. The second kappa shape index (κ2) is 8.25. The van der Waals surface area contributed by atoms with E-state index < -0.39 is 0 Å². The molecule has 0 radical (unpaired) electrons. The lowest BCUT2D eigenvalue weighted by Crippen LogP contribution is -2.23. The van der Waals surface area contributed by atoms with Gasteiger partial charge in [-0.25, -0.2) is 0 Å². The van der Waals surface area contributed by atoms with Crippen LogP contribution in [0.5, 0.6) is 0 Å². The number of hydrogen-bond donors (Lipinski definition) is 0. The number of rotatable bonds is 6. The molecule has 0 amide bonds. The molecule has 110 valence electrons. The first-order valence-electron chi connectivity index (χ1n) is 7.54. The Morgan fingerprint density at radius 1 is 0.810 bits per heavy atom. The van der Waals surface area contributed by atoms with E-state index in [0.29, 0.717) is 0 Å². The Bertz CT molecular complexity index is 544.